The van der Waals surface area contributed by atoms with Crippen LogP contribution in [0.3, 0.4) is 0 Å². The summed E-state index contributed by atoms with van der Waals surface area (Å²) in [6.45, 7) is 0.427. The van der Waals surface area contributed by atoms with Crippen molar-refractivity contribution in [2.45, 2.75) is 6.10 Å². The quantitative estimate of drug-likeness (QED) is 0.528. The maximum Gasteiger partial charge on any atom is 0.251 e. The molecular weight excluding hydrogens is 370 g/mol. The smallest absolute Gasteiger partial charge is 0.251 e. The molecule has 0 fully saturated rings. The molecule has 0 radical (unpaired) electrons. The number of carbonyl (C=O) groups is 1. The average molecular weight is 389 g/mol. The maximum atomic E-state index is 12.7. The number of rotatable bonds is 6. The Labute approximate surface area is 167 Å². The fourth-order valence-corrected chi connectivity index (χ4v) is 3.99. The molecule has 2 aromatic heterocycles. The summed E-state index contributed by atoms with van der Waals surface area (Å²) in [5.41, 5.74) is 2.69. The van der Waals surface area contributed by atoms with E-state index in [4.69, 9.17) is 4.74 Å². The van der Waals surface area contributed by atoms with Crippen molar-refractivity contribution in [3.63, 3.8) is 0 Å². The number of thiophene rings is 1. The minimum atomic E-state index is -0.143. The van der Waals surface area contributed by atoms with Crippen molar-refractivity contribution in [1.29, 1.82) is 0 Å². The summed E-state index contributed by atoms with van der Waals surface area (Å²) >= 11 is 1.62. The molecule has 0 aliphatic rings. The van der Waals surface area contributed by atoms with E-state index in [-0.39, 0.29) is 12.0 Å². The fraction of sp³-hybridized carbons (Fsp3) is 0.136. The molecule has 5 nitrogen and oxygen atoms in total. The van der Waals surface area contributed by atoms with Crippen molar-refractivity contribution in [2.24, 2.45) is 0 Å². The van der Waals surface area contributed by atoms with Gasteiger partial charge in [-0.15, -0.1) is 11.3 Å². The van der Waals surface area contributed by atoms with Crippen LogP contribution in [0.2, 0.25) is 0 Å². The minimum Gasteiger partial charge on any atom is -0.374 e. The molecule has 2 heterocycles. The Morgan fingerprint density at radius 3 is 2.82 bits per heavy atom. The first-order valence-electron chi connectivity index (χ1n) is 8.90. The topological polar surface area (TPSA) is 64.1 Å². The van der Waals surface area contributed by atoms with Crippen LogP contribution in [-0.4, -0.2) is 29.8 Å². The zero-order valence-corrected chi connectivity index (χ0v) is 16.1. The summed E-state index contributed by atoms with van der Waals surface area (Å²) in [7, 11) is 1.65. The minimum absolute atomic E-state index is 0.114. The Morgan fingerprint density at radius 1 is 1.14 bits per heavy atom. The monoisotopic (exact) mass is 389 g/mol. The van der Waals surface area contributed by atoms with Crippen LogP contribution in [0, 0.1) is 0 Å². The number of fused-ring (bicyclic) bond motifs is 1. The summed E-state index contributed by atoms with van der Waals surface area (Å²) in [5.74, 6) is -0.114. The summed E-state index contributed by atoms with van der Waals surface area (Å²) in [6, 6.07) is 17.7. The lowest BCUT2D eigenvalue weighted by atomic mass is 9.98. The van der Waals surface area contributed by atoms with E-state index in [0.29, 0.717) is 12.1 Å². The average Bonchev–Trinajstić information content (AvgIpc) is 3.28. The van der Waals surface area contributed by atoms with Gasteiger partial charge in [0.25, 0.3) is 5.91 Å². The summed E-state index contributed by atoms with van der Waals surface area (Å²) < 4.78 is 5.50. The normalized spacial score (nSPS) is 12.0. The van der Waals surface area contributed by atoms with Gasteiger partial charge >= 0.3 is 0 Å². The van der Waals surface area contributed by atoms with Gasteiger partial charge in [0, 0.05) is 29.7 Å². The SMILES string of the molecule is COC(CNC(=O)c1ccc2c(-c3ccnnc3)cccc2c1)c1cccs1. The standard InChI is InChI=1S/C22H19N3O2S/c1-27-20(21-6-3-11-28-21)14-23-22(26)16-7-8-19-15(12-16)4-2-5-18(19)17-9-10-24-25-13-17/h2-13,20H,14H2,1H3,(H,23,26). The first kappa shape index (κ1) is 18.3. The van der Waals surface area contributed by atoms with Gasteiger partial charge in [0.15, 0.2) is 0 Å². The van der Waals surface area contributed by atoms with Gasteiger partial charge in [-0.1, -0.05) is 30.3 Å². The second-order valence-electron chi connectivity index (χ2n) is 6.32. The third-order valence-electron chi connectivity index (χ3n) is 4.63. The van der Waals surface area contributed by atoms with Crippen LogP contribution < -0.4 is 5.32 Å². The Hall–Kier alpha value is -3.09. The van der Waals surface area contributed by atoms with Crippen molar-refractivity contribution in [3.05, 3.63) is 82.8 Å². The number of aromatic nitrogens is 2. The summed E-state index contributed by atoms with van der Waals surface area (Å²) in [5, 5.41) is 14.8. The Bertz CT molecular complexity index is 1080. The van der Waals surface area contributed by atoms with Crippen molar-refractivity contribution in [1.82, 2.24) is 15.5 Å². The highest BCUT2D eigenvalue weighted by molar-refractivity contribution is 7.10. The second kappa shape index (κ2) is 8.29. The predicted molar refractivity (Wildman–Crippen MR) is 111 cm³/mol. The lowest BCUT2D eigenvalue weighted by molar-refractivity contribution is 0.0838. The van der Waals surface area contributed by atoms with Gasteiger partial charge < -0.3 is 10.1 Å². The maximum absolute atomic E-state index is 12.7. The highest BCUT2D eigenvalue weighted by atomic mass is 32.1. The molecule has 0 saturated heterocycles. The number of amides is 1. The lowest BCUT2D eigenvalue weighted by Crippen LogP contribution is -2.28. The molecule has 0 aliphatic carbocycles. The van der Waals surface area contributed by atoms with Gasteiger partial charge in [-0.05, 0) is 46.0 Å². The van der Waals surface area contributed by atoms with E-state index in [0.717, 1.165) is 26.8 Å². The fourth-order valence-electron chi connectivity index (χ4n) is 3.19. The summed E-state index contributed by atoms with van der Waals surface area (Å²) in [4.78, 5) is 13.7. The second-order valence-corrected chi connectivity index (χ2v) is 7.30. The molecule has 1 N–H and O–H groups in total. The number of nitrogens with one attached hydrogen (secondary N) is 1. The zero-order chi connectivity index (χ0) is 19.3. The molecule has 1 atom stereocenters. The van der Waals surface area contributed by atoms with Gasteiger partial charge in [-0.3, -0.25) is 4.79 Å². The molecule has 1 unspecified atom stereocenters. The van der Waals surface area contributed by atoms with E-state index in [2.05, 4.69) is 15.5 Å². The highest BCUT2D eigenvalue weighted by Crippen LogP contribution is 2.28. The van der Waals surface area contributed by atoms with E-state index in [1.54, 1.807) is 30.8 Å². The molecular formula is C22H19N3O2S. The third kappa shape index (κ3) is 3.78. The third-order valence-corrected chi connectivity index (χ3v) is 5.60. The lowest BCUT2D eigenvalue weighted by Gasteiger charge is -2.15. The van der Waals surface area contributed by atoms with Crippen molar-refractivity contribution < 1.29 is 9.53 Å². The first-order valence-corrected chi connectivity index (χ1v) is 9.78. The van der Waals surface area contributed by atoms with E-state index in [9.17, 15) is 4.79 Å². The van der Waals surface area contributed by atoms with Crippen LogP contribution >= 0.6 is 11.3 Å². The van der Waals surface area contributed by atoms with Crippen LogP contribution in [-0.2, 0) is 4.74 Å². The number of carbonyl (C=O) groups excluding carboxylic acids is 1. The first-order chi connectivity index (χ1) is 13.8. The van der Waals surface area contributed by atoms with Crippen LogP contribution in [0.5, 0.6) is 0 Å². The molecule has 4 aromatic rings. The Kier molecular flexibility index (Phi) is 5.41. The number of hydrogen-bond donors (Lipinski definition) is 1. The van der Waals surface area contributed by atoms with Crippen LogP contribution in [0.1, 0.15) is 21.3 Å². The number of ether oxygens (including phenoxy) is 1. The molecule has 28 heavy (non-hydrogen) atoms. The van der Waals surface area contributed by atoms with Gasteiger partial charge in [0.1, 0.15) is 6.10 Å². The molecule has 4 rings (SSSR count). The summed E-state index contributed by atoms with van der Waals surface area (Å²) in [6.07, 6.45) is 3.27. The number of methoxy groups -OCH3 is 1. The van der Waals surface area contributed by atoms with E-state index in [1.165, 1.54) is 0 Å². The molecule has 6 heteroatoms. The largest absolute Gasteiger partial charge is 0.374 e. The van der Waals surface area contributed by atoms with Gasteiger partial charge in [-0.25, -0.2) is 0 Å². The Balaban J connectivity index is 1.55. The van der Waals surface area contributed by atoms with Crippen molar-refractivity contribution in [3.8, 4) is 11.1 Å². The molecule has 0 bridgehead atoms. The zero-order valence-electron chi connectivity index (χ0n) is 15.3. The van der Waals surface area contributed by atoms with Gasteiger partial charge in [0.05, 0.1) is 12.4 Å². The van der Waals surface area contributed by atoms with Crippen LogP contribution in [0.4, 0.5) is 0 Å². The number of nitrogens with zero attached hydrogens (tertiary/aromatic N) is 2. The highest BCUT2D eigenvalue weighted by Gasteiger charge is 2.14. The number of hydrogen-bond acceptors (Lipinski definition) is 5. The van der Waals surface area contributed by atoms with Crippen molar-refractivity contribution in [2.75, 3.05) is 13.7 Å². The van der Waals surface area contributed by atoms with Crippen LogP contribution in [0.25, 0.3) is 21.9 Å². The van der Waals surface area contributed by atoms with Crippen molar-refractivity contribution >= 4 is 28.0 Å². The van der Waals surface area contributed by atoms with Gasteiger partial charge in [-0.2, -0.15) is 10.2 Å². The number of benzene rings is 2. The predicted octanol–water partition coefficient (Wildman–Crippen LogP) is 4.48. The Morgan fingerprint density at radius 2 is 2.07 bits per heavy atom. The van der Waals surface area contributed by atoms with Crippen LogP contribution in [0.15, 0.2) is 72.4 Å². The molecule has 1 amide bonds. The van der Waals surface area contributed by atoms with E-state index >= 15 is 0 Å². The van der Waals surface area contributed by atoms with Gasteiger partial charge in [0.2, 0.25) is 0 Å². The molecule has 140 valence electrons. The van der Waals surface area contributed by atoms with E-state index in [1.807, 2.05) is 60.0 Å². The molecule has 0 aliphatic heterocycles. The molecule has 2 aromatic carbocycles. The molecule has 0 spiro atoms. The van der Waals surface area contributed by atoms with E-state index < -0.39 is 0 Å². The molecule has 0 saturated carbocycles.